The molecule has 0 aliphatic carbocycles. The van der Waals surface area contributed by atoms with Crippen LogP contribution in [-0.4, -0.2) is 31.8 Å². The maximum absolute atomic E-state index is 13.6. The normalized spacial score (nSPS) is 10.5. The molecule has 1 amide bonds. The highest BCUT2D eigenvalue weighted by atomic mass is 32.2. The Labute approximate surface area is 135 Å². The van der Waals surface area contributed by atoms with Crippen LogP contribution in [0.25, 0.3) is 11.4 Å². The second-order valence-corrected chi connectivity index (χ2v) is 5.50. The van der Waals surface area contributed by atoms with Crippen LogP contribution in [0.4, 0.5) is 10.1 Å². The maximum atomic E-state index is 13.6. The zero-order valence-electron chi connectivity index (χ0n) is 11.9. The van der Waals surface area contributed by atoms with Crippen LogP contribution >= 0.6 is 11.8 Å². The Kier molecular flexibility index (Phi) is 4.62. The number of nitrogens with one attached hydrogen (secondary N) is 2. The summed E-state index contributed by atoms with van der Waals surface area (Å²) in [5, 5.41) is 11.0. The summed E-state index contributed by atoms with van der Waals surface area (Å²) in [5.41, 5.74) is 0.967. The molecule has 1 aromatic carbocycles. The van der Waals surface area contributed by atoms with Crippen molar-refractivity contribution in [3.05, 3.63) is 54.6 Å². The number of hydrogen-bond acceptors (Lipinski definition) is 5. The fourth-order valence-corrected chi connectivity index (χ4v) is 2.44. The van der Waals surface area contributed by atoms with Crippen molar-refractivity contribution in [2.24, 2.45) is 0 Å². The second-order valence-electron chi connectivity index (χ2n) is 4.54. The number of aromatic nitrogens is 4. The van der Waals surface area contributed by atoms with Gasteiger partial charge in [-0.05, 0) is 18.2 Å². The molecule has 0 saturated heterocycles. The standard InChI is InChI=1S/C15H12FN5OS/c16-12-6-7-17-8-11(12)14-19-15(21-20-14)23-9-13(22)18-10-4-2-1-3-5-10/h1-8H,9H2,(H,18,22)(H,19,20,21). The molecule has 23 heavy (non-hydrogen) atoms. The molecule has 2 heterocycles. The van der Waals surface area contributed by atoms with E-state index in [1.54, 1.807) is 12.1 Å². The number of aromatic amines is 1. The van der Waals surface area contributed by atoms with Gasteiger partial charge in [0.15, 0.2) is 11.0 Å². The van der Waals surface area contributed by atoms with Gasteiger partial charge in [-0.2, -0.15) is 0 Å². The third kappa shape index (κ3) is 3.92. The first-order valence-corrected chi connectivity index (χ1v) is 7.71. The predicted molar refractivity (Wildman–Crippen MR) is 85.4 cm³/mol. The van der Waals surface area contributed by atoms with Gasteiger partial charge in [-0.1, -0.05) is 30.0 Å². The molecule has 0 radical (unpaired) electrons. The number of carbonyl (C=O) groups excluding carboxylic acids is 1. The molecule has 0 spiro atoms. The van der Waals surface area contributed by atoms with E-state index in [0.29, 0.717) is 5.16 Å². The highest BCUT2D eigenvalue weighted by Gasteiger charge is 2.12. The number of nitrogens with zero attached hydrogens (tertiary/aromatic N) is 3. The zero-order chi connectivity index (χ0) is 16.1. The molecule has 2 N–H and O–H groups in total. The first kappa shape index (κ1) is 15.2. The number of H-pyrrole nitrogens is 1. The smallest absolute Gasteiger partial charge is 0.234 e. The molecule has 0 fully saturated rings. The number of amides is 1. The van der Waals surface area contributed by atoms with Crippen molar-refractivity contribution in [3.8, 4) is 11.4 Å². The van der Waals surface area contributed by atoms with Crippen LogP contribution in [0.2, 0.25) is 0 Å². The number of rotatable bonds is 5. The van der Waals surface area contributed by atoms with E-state index >= 15 is 0 Å². The average molecular weight is 329 g/mol. The van der Waals surface area contributed by atoms with Crippen LogP contribution in [0.1, 0.15) is 0 Å². The number of hydrogen-bond donors (Lipinski definition) is 2. The van der Waals surface area contributed by atoms with Gasteiger partial charge in [0.25, 0.3) is 0 Å². The minimum Gasteiger partial charge on any atom is -0.325 e. The number of pyridine rings is 1. The number of anilines is 1. The number of carbonyl (C=O) groups is 1. The fraction of sp³-hybridized carbons (Fsp3) is 0.0667. The van der Waals surface area contributed by atoms with Crippen molar-refractivity contribution >= 4 is 23.4 Å². The summed E-state index contributed by atoms with van der Waals surface area (Å²) >= 11 is 1.19. The summed E-state index contributed by atoms with van der Waals surface area (Å²) in [4.78, 5) is 18.6. The first-order chi connectivity index (χ1) is 11.2. The zero-order valence-corrected chi connectivity index (χ0v) is 12.7. The third-order valence-corrected chi connectivity index (χ3v) is 3.75. The molecule has 2 aromatic heterocycles. The topological polar surface area (TPSA) is 83.6 Å². The molecule has 3 aromatic rings. The second kappa shape index (κ2) is 7.01. The third-order valence-electron chi connectivity index (χ3n) is 2.89. The summed E-state index contributed by atoms with van der Waals surface area (Å²) in [7, 11) is 0. The minimum absolute atomic E-state index is 0.160. The van der Waals surface area contributed by atoms with Gasteiger partial charge in [0.05, 0.1) is 11.3 Å². The largest absolute Gasteiger partial charge is 0.325 e. The molecule has 0 aliphatic heterocycles. The highest BCUT2D eigenvalue weighted by Crippen LogP contribution is 2.20. The molecule has 3 rings (SSSR count). The molecule has 0 unspecified atom stereocenters. The number of halogens is 1. The quantitative estimate of drug-likeness (QED) is 0.703. The van der Waals surface area contributed by atoms with Crippen LogP contribution in [0.3, 0.4) is 0 Å². The fourth-order valence-electron chi connectivity index (χ4n) is 1.84. The van der Waals surface area contributed by atoms with Crippen LogP contribution < -0.4 is 5.32 Å². The van der Waals surface area contributed by atoms with E-state index in [1.807, 2.05) is 18.2 Å². The maximum Gasteiger partial charge on any atom is 0.234 e. The Bertz CT molecular complexity index is 808. The van der Waals surface area contributed by atoms with Crippen molar-refractivity contribution in [1.29, 1.82) is 0 Å². The van der Waals surface area contributed by atoms with Crippen LogP contribution in [0, 0.1) is 5.82 Å². The Balaban J connectivity index is 1.59. The summed E-state index contributed by atoms with van der Waals surface area (Å²) in [5.74, 6) is -0.151. The Morgan fingerprint density at radius 2 is 2.04 bits per heavy atom. The molecule has 0 atom stereocenters. The molecule has 0 saturated carbocycles. The minimum atomic E-state index is -0.436. The van der Waals surface area contributed by atoms with Crippen molar-refractivity contribution in [2.75, 3.05) is 11.1 Å². The van der Waals surface area contributed by atoms with E-state index in [9.17, 15) is 9.18 Å². The van der Waals surface area contributed by atoms with Crippen molar-refractivity contribution < 1.29 is 9.18 Å². The van der Waals surface area contributed by atoms with Gasteiger partial charge >= 0.3 is 0 Å². The van der Waals surface area contributed by atoms with Gasteiger partial charge in [0.2, 0.25) is 5.91 Å². The molecule has 0 bridgehead atoms. The van der Waals surface area contributed by atoms with E-state index in [1.165, 1.54) is 30.2 Å². The van der Waals surface area contributed by atoms with Gasteiger partial charge in [-0.15, -0.1) is 10.2 Å². The number of thioether (sulfide) groups is 1. The lowest BCUT2D eigenvalue weighted by Gasteiger charge is -2.03. The molecule has 0 aliphatic rings. The van der Waals surface area contributed by atoms with E-state index in [-0.39, 0.29) is 23.0 Å². The Hall–Kier alpha value is -2.74. The van der Waals surface area contributed by atoms with Crippen molar-refractivity contribution in [3.63, 3.8) is 0 Å². The van der Waals surface area contributed by atoms with Crippen LogP contribution in [-0.2, 0) is 4.79 Å². The van der Waals surface area contributed by atoms with Crippen LogP contribution in [0.5, 0.6) is 0 Å². The summed E-state index contributed by atoms with van der Waals surface area (Å²) in [6.07, 6.45) is 2.73. The van der Waals surface area contributed by atoms with E-state index in [4.69, 9.17) is 0 Å². The lowest BCUT2D eigenvalue weighted by atomic mass is 10.2. The summed E-state index contributed by atoms with van der Waals surface area (Å²) in [6.45, 7) is 0. The predicted octanol–water partition coefficient (Wildman–Crippen LogP) is 2.74. The van der Waals surface area contributed by atoms with E-state index < -0.39 is 5.82 Å². The highest BCUT2D eigenvalue weighted by molar-refractivity contribution is 7.99. The molecular weight excluding hydrogens is 317 g/mol. The molecule has 6 nitrogen and oxygen atoms in total. The first-order valence-electron chi connectivity index (χ1n) is 6.72. The van der Waals surface area contributed by atoms with E-state index in [2.05, 4.69) is 25.5 Å². The van der Waals surface area contributed by atoms with Gasteiger partial charge < -0.3 is 10.3 Å². The Morgan fingerprint density at radius 3 is 2.83 bits per heavy atom. The number of benzene rings is 1. The summed E-state index contributed by atoms with van der Waals surface area (Å²) < 4.78 is 13.6. The monoisotopic (exact) mass is 329 g/mol. The van der Waals surface area contributed by atoms with Crippen molar-refractivity contribution in [2.45, 2.75) is 5.16 Å². The summed E-state index contributed by atoms with van der Waals surface area (Å²) in [6, 6.07) is 10.4. The molecule has 8 heteroatoms. The SMILES string of the molecule is O=C(CSc1nnc(-c2cnccc2F)[nH]1)Nc1ccccc1. The van der Waals surface area contributed by atoms with Gasteiger partial charge in [0, 0.05) is 18.1 Å². The molecule has 116 valence electrons. The van der Waals surface area contributed by atoms with Gasteiger partial charge in [-0.25, -0.2) is 4.39 Å². The number of para-hydroxylation sites is 1. The van der Waals surface area contributed by atoms with Crippen molar-refractivity contribution in [1.82, 2.24) is 20.2 Å². The average Bonchev–Trinajstić information content (AvgIpc) is 3.03. The molecular formula is C15H12FN5OS. The van der Waals surface area contributed by atoms with Gasteiger partial charge in [0.1, 0.15) is 5.82 Å². The lowest BCUT2D eigenvalue weighted by molar-refractivity contribution is -0.113. The van der Waals surface area contributed by atoms with E-state index in [0.717, 1.165) is 5.69 Å². The van der Waals surface area contributed by atoms with Crippen LogP contribution in [0.15, 0.2) is 53.9 Å². The van der Waals surface area contributed by atoms with Gasteiger partial charge in [-0.3, -0.25) is 9.78 Å². The Morgan fingerprint density at radius 1 is 1.22 bits per heavy atom. The lowest BCUT2D eigenvalue weighted by Crippen LogP contribution is -2.13.